The van der Waals surface area contributed by atoms with Crippen LogP contribution in [0, 0.1) is 0 Å². The first-order valence-electron chi connectivity index (χ1n) is 4.17. The number of aliphatic hydroxyl groups excluding tert-OH is 1. The maximum Gasteiger partial charge on any atom is 0.330 e. The van der Waals surface area contributed by atoms with Gasteiger partial charge in [0.2, 0.25) is 0 Å². The highest BCUT2D eigenvalue weighted by Gasteiger charge is 1.91. The molecule has 2 N–H and O–H groups in total. The monoisotopic (exact) mass is 202 g/mol. The highest BCUT2D eigenvalue weighted by atomic mass is 16.5. The number of carboxylic acid groups (broad SMARTS) is 1. The minimum Gasteiger partial charge on any atom is -0.478 e. The molecule has 0 aromatic rings. The van der Waals surface area contributed by atoms with E-state index >= 15 is 0 Å². The molecular weight excluding hydrogens is 184 g/mol. The SMILES string of the molecule is C=C(C)C(=O)O.C=CCOCC(C)O. The van der Waals surface area contributed by atoms with Crippen molar-refractivity contribution in [3.63, 3.8) is 0 Å². The van der Waals surface area contributed by atoms with Gasteiger partial charge in [0.25, 0.3) is 0 Å². The van der Waals surface area contributed by atoms with Crippen molar-refractivity contribution in [3.05, 3.63) is 24.8 Å². The lowest BCUT2D eigenvalue weighted by atomic mass is 10.4. The van der Waals surface area contributed by atoms with Crippen LogP contribution in [-0.2, 0) is 9.53 Å². The summed E-state index contributed by atoms with van der Waals surface area (Å²) in [5, 5.41) is 16.5. The Kier molecular flexibility index (Phi) is 10.9. The fraction of sp³-hybridized carbons (Fsp3) is 0.500. The van der Waals surface area contributed by atoms with Crippen LogP contribution in [-0.4, -0.2) is 35.5 Å². The molecule has 0 bridgehead atoms. The summed E-state index contributed by atoms with van der Waals surface area (Å²) < 4.78 is 4.88. The van der Waals surface area contributed by atoms with Crippen LogP contribution in [0.25, 0.3) is 0 Å². The topological polar surface area (TPSA) is 66.8 Å². The van der Waals surface area contributed by atoms with Gasteiger partial charge < -0.3 is 14.9 Å². The molecule has 0 saturated heterocycles. The molecule has 1 unspecified atom stereocenters. The van der Waals surface area contributed by atoms with Crippen molar-refractivity contribution in [2.75, 3.05) is 13.2 Å². The molecule has 0 fully saturated rings. The first-order valence-corrected chi connectivity index (χ1v) is 4.17. The lowest BCUT2D eigenvalue weighted by Crippen LogP contribution is -2.09. The fourth-order valence-corrected chi connectivity index (χ4v) is 0.322. The summed E-state index contributed by atoms with van der Waals surface area (Å²) in [6, 6.07) is 0. The Morgan fingerprint density at radius 1 is 1.64 bits per heavy atom. The molecule has 0 heterocycles. The fourth-order valence-electron chi connectivity index (χ4n) is 0.322. The Morgan fingerprint density at radius 2 is 2.07 bits per heavy atom. The lowest BCUT2D eigenvalue weighted by Gasteiger charge is -2.01. The molecule has 4 heteroatoms. The Balaban J connectivity index is 0. The van der Waals surface area contributed by atoms with Gasteiger partial charge >= 0.3 is 5.97 Å². The first-order chi connectivity index (χ1) is 6.41. The summed E-state index contributed by atoms with van der Waals surface area (Å²) >= 11 is 0. The van der Waals surface area contributed by atoms with Gasteiger partial charge in [-0.15, -0.1) is 6.58 Å². The van der Waals surface area contributed by atoms with Crippen molar-refractivity contribution < 1.29 is 19.7 Å². The van der Waals surface area contributed by atoms with Crippen molar-refractivity contribution in [1.82, 2.24) is 0 Å². The van der Waals surface area contributed by atoms with Crippen molar-refractivity contribution in [3.8, 4) is 0 Å². The second-order valence-corrected chi connectivity index (χ2v) is 2.76. The second kappa shape index (κ2) is 9.95. The van der Waals surface area contributed by atoms with Gasteiger partial charge in [0, 0.05) is 5.57 Å². The zero-order chi connectivity index (χ0) is 11.6. The maximum atomic E-state index is 9.60. The van der Waals surface area contributed by atoms with E-state index in [1.54, 1.807) is 13.0 Å². The zero-order valence-electron chi connectivity index (χ0n) is 8.69. The third kappa shape index (κ3) is 17.1. The van der Waals surface area contributed by atoms with Crippen LogP contribution < -0.4 is 0 Å². The number of ether oxygens (including phenoxy) is 1. The minimum absolute atomic E-state index is 0.176. The van der Waals surface area contributed by atoms with Crippen molar-refractivity contribution in [1.29, 1.82) is 0 Å². The van der Waals surface area contributed by atoms with Gasteiger partial charge in [0.15, 0.2) is 0 Å². The zero-order valence-corrected chi connectivity index (χ0v) is 8.69. The predicted molar refractivity (Wildman–Crippen MR) is 55.1 cm³/mol. The standard InChI is InChI=1S/C6H12O2.C4H6O2/c1-3-4-8-5-6(2)7;1-3(2)4(5)6/h3,6-7H,1,4-5H2,2H3;1H2,2H3,(H,5,6). The Bertz CT molecular complexity index is 173. The lowest BCUT2D eigenvalue weighted by molar-refractivity contribution is -0.132. The molecule has 14 heavy (non-hydrogen) atoms. The van der Waals surface area contributed by atoms with Gasteiger partial charge in [-0.05, 0) is 13.8 Å². The van der Waals surface area contributed by atoms with Gasteiger partial charge in [0.05, 0.1) is 19.3 Å². The normalized spacial score (nSPS) is 10.8. The smallest absolute Gasteiger partial charge is 0.330 e. The van der Waals surface area contributed by atoms with E-state index in [0.717, 1.165) is 0 Å². The van der Waals surface area contributed by atoms with E-state index in [1.807, 2.05) is 0 Å². The predicted octanol–water partition coefficient (Wildman–Crippen LogP) is 1.22. The van der Waals surface area contributed by atoms with E-state index < -0.39 is 5.97 Å². The van der Waals surface area contributed by atoms with E-state index in [0.29, 0.717) is 13.2 Å². The number of carbonyl (C=O) groups is 1. The van der Waals surface area contributed by atoms with E-state index in [1.165, 1.54) is 6.92 Å². The molecule has 4 nitrogen and oxygen atoms in total. The molecule has 0 spiro atoms. The molecule has 0 aromatic heterocycles. The molecule has 0 rings (SSSR count). The number of hydrogen-bond donors (Lipinski definition) is 2. The van der Waals surface area contributed by atoms with Crippen LogP contribution in [0.15, 0.2) is 24.8 Å². The summed E-state index contributed by atoms with van der Waals surface area (Å²) in [6.07, 6.45) is 1.29. The third-order valence-corrected chi connectivity index (χ3v) is 0.960. The van der Waals surface area contributed by atoms with Gasteiger partial charge in [-0.3, -0.25) is 0 Å². The second-order valence-electron chi connectivity index (χ2n) is 2.76. The molecule has 0 aliphatic rings. The van der Waals surface area contributed by atoms with Crippen LogP contribution in [0.5, 0.6) is 0 Å². The van der Waals surface area contributed by atoms with Gasteiger partial charge in [-0.1, -0.05) is 12.7 Å². The van der Waals surface area contributed by atoms with Crippen LogP contribution in [0.4, 0.5) is 0 Å². The number of rotatable bonds is 5. The molecule has 1 atom stereocenters. The van der Waals surface area contributed by atoms with E-state index in [-0.39, 0.29) is 11.7 Å². The highest BCUT2D eigenvalue weighted by Crippen LogP contribution is 1.81. The van der Waals surface area contributed by atoms with Gasteiger partial charge in [-0.25, -0.2) is 4.79 Å². The van der Waals surface area contributed by atoms with E-state index in [9.17, 15) is 4.79 Å². The first kappa shape index (κ1) is 15.3. The third-order valence-electron chi connectivity index (χ3n) is 0.960. The average Bonchev–Trinajstić information content (AvgIpc) is 2.05. The largest absolute Gasteiger partial charge is 0.478 e. The molecule has 0 radical (unpaired) electrons. The summed E-state index contributed by atoms with van der Waals surface area (Å²) in [4.78, 5) is 9.60. The number of hydrogen-bond acceptors (Lipinski definition) is 3. The summed E-state index contributed by atoms with van der Waals surface area (Å²) in [6.45, 7) is 10.6. The Labute approximate surface area is 84.5 Å². The van der Waals surface area contributed by atoms with Gasteiger partial charge in [0.1, 0.15) is 0 Å². The number of carboxylic acids is 1. The molecule has 0 amide bonds. The Morgan fingerprint density at radius 3 is 2.29 bits per heavy atom. The molecule has 0 aromatic carbocycles. The summed E-state index contributed by atoms with van der Waals surface area (Å²) in [7, 11) is 0. The van der Waals surface area contributed by atoms with E-state index in [2.05, 4.69) is 13.2 Å². The van der Waals surface area contributed by atoms with Crippen LogP contribution in [0.3, 0.4) is 0 Å². The molecular formula is C10H18O4. The molecule has 0 aliphatic heterocycles. The van der Waals surface area contributed by atoms with Crippen LogP contribution in [0.1, 0.15) is 13.8 Å². The Hall–Kier alpha value is -1.13. The van der Waals surface area contributed by atoms with Crippen LogP contribution in [0.2, 0.25) is 0 Å². The molecule has 0 aliphatic carbocycles. The van der Waals surface area contributed by atoms with E-state index in [4.69, 9.17) is 14.9 Å². The number of aliphatic carboxylic acids is 1. The van der Waals surface area contributed by atoms with Crippen molar-refractivity contribution in [2.24, 2.45) is 0 Å². The highest BCUT2D eigenvalue weighted by molar-refractivity contribution is 5.84. The molecule has 82 valence electrons. The molecule has 0 saturated carbocycles. The maximum absolute atomic E-state index is 9.60. The summed E-state index contributed by atoms with van der Waals surface area (Å²) in [5.74, 6) is -0.935. The quantitative estimate of drug-likeness (QED) is 0.399. The minimum atomic E-state index is -0.935. The summed E-state index contributed by atoms with van der Waals surface area (Å²) in [5.41, 5.74) is 0.176. The van der Waals surface area contributed by atoms with Gasteiger partial charge in [-0.2, -0.15) is 0 Å². The van der Waals surface area contributed by atoms with Crippen molar-refractivity contribution in [2.45, 2.75) is 20.0 Å². The van der Waals surface area contributed by atoms with Crippen LogP contribution >= 0.6 is 0 Å². The average molecular weight is 202 g/mol. The number of aliphatic hydroxyl groups is 1. The van der Waals surface area contributed by atoms with Crippen molar-refractivity contribution >= 4 is 5.97 Å².